The third-order valence-corrected chi connectivity index (χ3v) is 10.8. The van der Waals surface area contributed by atoms with Gasteiger partial charge in [-0.1, -0.05) is 85.5 Å². The van der Waals surface area contributed by atoms with Gasteiger partial charge in [-0.25, -0.2) is 0 Å². The number of primary amides is 1. The maximum absolute atomic E-state index is 12.8. The van der Waals surface area contributed by atoms with Crippen LogP contribution in [-0.2, 0) is 38.2 Å². The van der Waals surface area contributed by atoms with E-state index < -0.39 is 23.2 Å². The summed E-state index contributed by atoms with van der Waals surface area (Å²) >= 11 is 0. The second-order valence-electron chi connectivity index (χ2n) is 17.2. The minimum Gasteiger partial charge on any atom is -0.373 e. The van der Waals surface area contributed by atoms with Crippen molar-refractivity contribution >= 4 is 35.4 Å². The van der Waals surface area contributed by atoms with Crippen molar-refractivity contribution in [2.75, 3.05) is 32.8 Å². The first-order valence-corrected chi connectivity index (χ1v) is 21.1. The number of amides is 6. The summed E-state index contributed by atoms with van der Waals surface area (Å²) in [5.41, 5.74) is 4.05. The van der Waals surface area contributed by atoms with Crippen molar-refractivity contribution in [3.63, 3.8) is 0 Å². The van der Waals surface area contributed by atoms with E-state index in [1.165, 1.54) is 43.4 Å². The van der Waals surface area contributed by atoms with Gasteiger partial charge in [0.05, 0.1) is 30.3 Å². The summed E-state index contributed by atoms with van der Waals surface area (Å²) in [5, 5.41) is 8.52. The van der Waals surface area contributed by atoms with Crippen LogP contribution in [0.3, 0.4) is 0 Å². The number of carbonyl (C=O) groups excluding carboxylic acids is 6. The second-order valence-corrected chi connectivity index (χ2v) is 17.2. The lowest BCUT2D eigenvalue weighted by Crippen LogP contribution is -2.44. The molecule has 0 bridgehead atoms. The normalized spacial score (nSPS) is 15.6. The van der Waals surface area contributed by atoms with Crippen LogP contribution in [0.4, 0.5) is 0 Å². The Morgan fingerprint density at radius 3 is 1.96 bits per heavy atom. The number of unbranched alkanes of at least 4 members (excludes halogenated alkanes) is 9. The molecule has 0 spiro atoms. The summed E-state index contributed by atoms with van der Waals surface area (Å²) in [4.78, 5) is 75.6. The fraction of sp³-hybridized carbons (Fsp3) is 0.857. The highest BCUT2D eigenvalue weighted by Crippen LogP contribution is 2.38. The van der Waals surface area contributed by atoms with E-state index in [0.29, 0.717) is 45.2 Å². The summed E-state index contributed by atoms with van der Waals surface area (Å²) < 4.78 is 12.1. The first kappa shape index (κ1) is 50.0. The van der Waals surface area contributed by atoms with Gasteiger partial charge in [0.2, 0.25) is 35.4 Å². The van der Waals surface area contributed by atoms with Gasteiger partial charge in [0.15, 0.2) is 0 Å². The molecule has 0 radical (unpaired) electrons. The van der Waals surface area contributed by atoms with Crippen molar-refractivity contribution in [3.05, 3.63) is 0 Å². The van der Waals surface area contributed by atoms with E-state index >= 15 is 0 Å². The van der Waals surface area contributed by atoms with Crippen LogP contribution in [-0.4, -0.2) is 90.4 Å². The van der Waals surface area contributed by atoms with Gasteiger partial charge < -0.3 is 31.2 Å². The number of nitrogens with two attached hydrogens (primary N) is 1. The molecular formula is C42H77N5O8. The SMILES string of the molecule is CCCCCCCCCCCC(=O)NC(CCCCNC(=O)CCOC(C)(C)COC(C)(C)CCNC(=O)CCN1C(=O)CC(C(C)(C)CC)C1=O)C(N)=O. The number of rotatable bonds is 32. The minimum absolute atomic E-state index is 0.0569. The molecule has 6 amide bonds. The third-order valence-electron chi connectivity index (χ3n) is 10.8. The lowest BCUT2D eigenvalue weighted by Gasteiger charge is -2.32. The van der Waals surface area contributed by atoms with E-state index in [1.807, 2.05) is 48.5 Å². The summed E-state index contributed by atoms with van der Waals surface area (Å²) in [5.74, 6) is -1.80. The predicted molar refractivity (Wildman–Crippen MR) is 216 cm³/mol. The van der Waals surface area contributed by atoms with Crippen LogP contribution in [0.25, 0.3) is 0 Å². The molecule has 13 heteroatoms. The molecule has 55 heavy (non-hydrogen) atoms. The Morgan fingerprint density at radius 2 is 1.35 bits per heavy atom. The molecule has 1 heterocycles. The van der Waals surface area contributed by atoms with Gasteiger partial charge in [0.25, 0.3) is 0 Å². The Balaban J connectivity index is 2.21. The van der Waals surface area contributed by atoms with Crippen molar-refractivity contribution in [1.29, 1.82) is 0 Å². The van der Waals surface area contributed by atoms with E-state index in [-0.39, 0.29) is 79.9 Å². The van der Waals surface area contributed by atoms with Gasteiger partial charge in [-0.05, 0) is 65.2 Å². The third kappa shape index (κ3) is 21.7. The van der Waals surface area contributed by atoms with Crippen LogP contribution < -0.4 is 21.7 Å². The van der Waals surface area contributed by atoms with E-state index in [1.54, 1.807) is 0 Å². The number of hydrogen-bond acceptors (Lipinski definition) is 8. The number of ether oxygens (including phenoxy) is 2. The summed E-state index contributed by atoms with van der Waals surface area (Å²) in [6.45, 7) is 17.2. The number of nitrogens with one attached hydrogen (secondary N) is 3. The minimum atomic E-state index is -0.707. The molecule has 0 aromatic carbocycles. The molecule has 2 atom stereocenters. The number of carbonyl (C=O) groups is 6. The Morgan fingerprint density at radius 1 is 0.745 bits per heavy atom. The molecule has 0 aromatic rings. The quantitative estimate of drug-likeness (QED) is 0.0484. The number of nitrogens with zero attached hydrogens (tertiary/aromatic N) is 1. The molecule has 1 rings (SSSR count). The maximum atomic E-state index is 12.8. The molecule has 1 aliphatic rings. The monoisotopic (exact) mass is 780 g/mol. The predicted octanol–water partition coefficient (Wildman–Crippen LogP) is 5.85. The number of likely N-dealkylation sites (tertiary alicyclic amines) is 1. The maximum Gasteiger partial charge on any atom is 0.239 e. The van der Waals surface area contributed by atoms with Gasteiger partial charge in [-0.3, -0.25) is 33.7 Å². The first-order valence-electron chi connectivity index (χ1n) is 21.1. The smallest absolute Gasteiger partial charge is 0.239 e. The van der Waals surface area contributed by atoms with E-state index in [9.17, 15) is 28.8 Å². The van der Waals surface area contributed by atoms with Gasteiger partial charge >= 0.3 is 0 Å². The Labute approximate surface area is 332 Å². The molecule has 1 aliphatic heterocycles. The van der Waals surface area contributed by atoms with Crippen LogP contribution in [0.1, 0.15) is 171 Å². The molecule has 13 nitrogen and oxygen atoms in total. The Kier molecular flexibility index (Phi) is 23.6. The van der Waals surface area contributed by atoms with Crippen LogP contribution in [0.15, 0.2) is 0 Å². The lowest BCUT2D eigenvalue weighted by atomic mass is 9.76. The van der Waals surface area contributed by atoms with E-state index in [0.717, 1.165) is 25.7 Å². The molecule has 1 saturated heterocycles. The second kappa shape index (κ2) is 26.0. The highest BCUT2D eigenvalue weighted by atomic mass is 16.6. The van der Waals surface area contributed by atoms with Crippen LogP contribution in [0.5, 0.6) is 0 Å². The topological polar surface area (TPSA) is 186 Å². The van der Waals surface area contributed by atoms with Gasteiger partial charge in [0.1, 0.15) is 6.04 Å². The number of imide groups is 1. The van der Waals surface area contributed by atoms with Gasteiger partial charge in [-0.2, -0.15) is 0 Å². The zero-order valence-corrected chi connectivity index (χ0v) is 35.7. The summed E-state index contributed by atoms with van der Waals surface area (Å²) in [7, 11) is 0. The van der Waals surface area contributed by atoms with Gasteiger partial charge in [0, 0.05) is 45.3 Å². The number of hydrogen-bond donors (Lipinski definition) is 4. The first-order chi connectivity index (χ1) is 25.8. The Bertz CT molecular complexity index is 1200. The molecule has 318 valence electrons. The van der Waals surface area contributed by atoms with Crippen LogP contribution >= 0.6 is 0 Å². The fourth-order valence-electron chi connectivity index (χ4n) is 6.42. The van der Waals surface area contributed by atoms with E-state index in [2.05, 4.69) is 22.9 Å². The molecule has 2 unspecified atom stereocenters. The average Bonchev–Trinajstić information content (AvgIpc) is 3.41. The highest BCUT2D eigenvalue weighted by molar-refractivity contribution is 6.04. The highest BCUT2D eigenvalue weighted by Gasteiger charge is 2.45. The molecule has 0 aliphatic carbocycles. The molecule has 0 aromatic heterocycles. The van der Waals surface area contributed by atoms with E-state index in [4.69, 9.17) is 15.2 Å². The van der Waals surface area contributed by atoms with Crippen molar-refractivity contribution in [1.82, 2.24) is 20.9 Å². The zero-order chi connectivity index (χ0) is 41.5. The average molecular weight is 780 g/mol. The van der Waals surface area contributed by atoms with Crippen molar-refractivity contribution in [3.8, 4) is 0 Å². The lowest BCUT2D eigenvalue weighted by molar-refractivity contribution is -0.141. The van der Waals surface area contributed by atoms with Crippen molar-refractivity contribution in [2.24, 2.45) is 17.1 Å². The largest absolute Gasteiger partial charge is 0.373 e. The van der Waals surface area contributed by atoms with Crippen molar-refractivity contribution in [2.45, 2.75) is 188 Å². The van der Waals surface area contributed by atoms with Crippen LogP contribution in [0, 0.1) is 11.3 Å². The standard InChI is InChI=1S/C42H77N5O8/c1-9-11-12-13-14-15-16-17-18-22-36(50)46-33(38(43)52)21-19-20-26-44-35(49)24-29-54-42(7,8)31-55-41(5,6)25-27-45-34(48)23-28-47-37(51)30-32(39(47)53)40(3,4)10-2/h32-33H,9-31H2,1-8H3,(H2,43,52)(H,44,49)(H,45,48)(H,46,50). The molecule has 5 N–H and O–H groups in total. The van der Waals surface area contributed by atoms with Gasteiger partial charge in [-0.15, -0.1) is 0 Å². The van der Waals surface area contributed by atoms with Crippen molar-refractivity contribution < 1.29 is 38.2 Å². The molecular weight excluding hydrogens is 702 g/mol. The summed E-state index contributed by atoms with van der Waals surface area (Å²) in [6, 6.07) is -0.707. The van der Waals surface area contributed by atoms with Crippen LogP contribution in [0.2, 0.25) is 0 Å². The molecule has 1 fully saturated rings. The Hall–Kier alpha value is -3.06. The summed E-state index contributed by atoms with van der Waals surface area (Å²) in [6.07, 6.45) is 14.4. The molecule has 0 saturated carbocycles. The zero-order valence-electron chi connectivity index (χ0n) is 35.7. The fourth-order valence-corrected chi connectivity index (χ4v) is 6.42.